The van der Waals surface area contributed by atoms with Crippen LogP contribution >= 0.6 is 0 Å². The summed E-state index contributed by atoms with van der Waals surface area (Å²) in [5.41, 5.74) is 4.09. The lowest BCUT2D eigenvalue weighted by molar-refractivity contribution is -0.117. The third-order valence-electron chi connectivity index (χ3n) is 5.94. The van der Waals surface area contributed by atoms with Crippen molar-refractivity contribution in [1.82, 2.24) is 20.3 Å². The van der Waals surface area contributed by atoms with Gasteiger partial charge in [0, 0.05) is 30.0 Å². The van der Waals surface area contributed by atoms with E-state index in [1.54, 1.807) is 0 Å². The summed E-state index contributed by atoms with van der Waals surface area (Å²) in [5, 5.41) is 15.5. The van der Waals surface area contributed by atoms with Crippen molar-refractivity contribution < 1.29 is 18.5 Å². The van der Waals surface area contributed by atoms with Crippen LogP contribution in [0, 0.1) is 6.92 Å². The molecule has 2 aromatic heterocycles. The van der Waals surface area contributed by atoms with Gasteiger partial charge < -0.3 is 23.9 Å². The van der Waals surface area contributed by atoms with E-state index >= 15 is 0 Å². The van der Waals surface area contributed by atoms with Gasteiger partial charge in [-0.2, -0.15) is 0 Å². The fourth-order valence-corrected chi connectivity index (χ4v) is 4.15. The Morgan fingerprint density at radius 1 is 1.06 bits per heavy atom. The summed E-state index contributed by atoms with van der Waals surface area (Å²) < 4.78 is 16.7. The third kappa shape index (κ3) is 5.45. The Balaban J connectivity index is 1.18. The number of carbonyl (C=O) groups excluding carboxylic acids is 1. The number of nitrogens with zero attached hydrogens (tertiary/aromatic N) is 5. The number of aryl methyl sites for hydroxylation is 1. The second kappa shape index (κ2) is 10.7. The Hall–Kier alpha value is -4.02. The number of carbonyl (C=O) groups is 1. The van der Waals surface area contributed by atoms with Crippen molar-refractivity contribution in [2.24, 2.45) is 0 Å². The van der Waals surface area contributed by atoms with Crippen LogP contribution in [0.15, 0.2) is 63.5 Å². The molecule has 1 aliphatic rings. The van der Waals surface area contributed by atoms with Crippen LogP contribution in [-0.2, 0) is 16.1 Å². The Labute approximate surface area is 208 Å². The second-order valence-electron chi connectivity index (χ2n) is 8.70. The van der Waals surface area contributed by atoms with Crippen LogP contribution in [0.4, 0.5) is 11.4 Å². The van der Waals surface area contributed by atoms with Crippen molar-refractivity contribution >= 4 is 17.3 Å². The van der Waals surface area contributed by atoms with E-state index in [-0.39, 0.29) is 12.5 Å². The van der Waals surface area contributed by atoms with Crippen LogP contribution < -0.4 is 10.2 Å². The van der Waals surface area contributed by atoms with Gasteiger partial charge in [-0.05, 0) is 38.2 Å². The largest absolute Gasteiger partial charge is 0.419 e. The molecule has 5 rings (SSSR count). The molecule has 0 saturated carbocycles. The van der Waals surface area contributed by atoms with E-state index in [1.165, 1.54) is 0 Å². The number of hydrogen-bond donors (Lipinski definition) is 1. The smallest absolute Gasteiger partial charge is 0.253 e. The minimum absolute atomic E-state index is 0.127. The first kappa shape index (κ1) is 23.7. The van der Waals surface area contributed by atoms with Gasteiger partial charge in [0.05, 0.1) is 26.3 Å². The molecule has 1 fully saturated rings. The summed E-state index contributed by atoms with van der Waals surface area (Å²) in [6.07, 6.45) is 0. The number of likely N-dealkylation sites (N-methyl/N-ethyl adjacent to an activating group) is 1. The molecule has 1 saturated heterocycles. The van der Waals surface area contributed by atoms with E-state index in [2.05, 4.69) is 25.6 Å². The van der Waals surface area contributed by atoms with E-state index in [4.69, 9.17) is 13.7 Å². The van der Waals surface area contributed by atoms with E-state index < -0.39 is 0 Å². The van der Waals surface area contributed by atoms with Crippen LogP contribution in [0.1, 0.15) is 11.7 Å². The number of morpholine rings is 1. The highest BCUT2D eigenvalue weighted by Gasteiger charge is 2.22. The lowest BCUT2D eigenvalue weighted by Gasteiger charge is -2.28. The number of nitrogens with one attached hydrogen (secondary N) is 1. The molecule has 2 aromatic carbocycles. The third-order valence-corrected chi connectivity index (χ3v) is 5.94. The summed E-state index contributed by atoms with van der Waals surface area (Å²) in [6.45, 7) is 5.52. The monoisotopic (exact) mass is 488 g/mol. The fourth-order valence-electron chi connectivity index (χ4n) is 4.15. The average molecular weight is 489 g/mol. The molecule has 1 N–H and O–H groups in total. The maximum absolute atomic E-state index is 12.6. The predicted octanol–water partition coefficient (Wildman–Crippen LogP) is 3.61. The number of aromatic nitrogens is 3. The van der Waals surface area contributed by atoms with E-state index in [9.17, 15) is 4.79 Å². The number of benzene rings is 2. The lowest BCUT2D eigenvalue weighted by atomic mass is 10.1. The summed E-state index contributed by atoms with van der Waals surface area (Å²) in [7, 11) is 1.82. The molecular formula is C26H28N6O4. The van der Waals surface area contributed by atoms with Crippen LogP contribution in [-0.4, -0.2) is 66.1 Å². The highest BCUT2D eigenvalue weighted by Crippen LogP contribution is 2.33. The van der Waals surface area contributed by atoms with Crippen molar-refractivity contribution in [3.05, 3.63) is 66.2 Å². The van der Waals surface area contributed by atoms with Gasteiger partial charge in [-0.15, -0.1) is 10.2 Å². The molecule has 10 nitrogen and oxygen atoms in total. The van der Waals surface area contributed by atoms with Gasteiger partial charge in [-0.3, -0.25) is 9.69 Å². The SMILES string of the molecule is Cc1onc(-c2ccccc2)c1-c1nnc(CN(C)CC(=O)Nc2ccc(N3CCOCC3)cc2)o1. The molecule has 0 aliphatic carbocycles. The zero-order valence-corrected chi connectivity index (χ0v) is 20.3. The molecule has 1 aliphatic heterocycles. The lowest BCUT2D eigenvalue weighted by Crippen LogP contribution is -2.36. The maximum Gasteiger partial charge on any atom is 0.253 e. The molecule has 0 bridgehead atoms. The minimum Gasteiger partial charge on any atom is -0.419 e. The minimum atomic E-state index is -0.127. The van der Waals surface area contributed by atoms with Crippen LogP contribution in [0.5, 0.6) is 0 Å². The molecular weight excluding hydrogens is 460 g/mol. The van der Waals surface area contributed by atoms with Gasteiger partial charge in [0.1, 0.15) is 17.0 Å². The maximum atomic E-state index is 12.6. The topological polar surface area (TPSA) is 110 Å². The summed E-state index contributed by atoms with van der Waals surface area (Å²) in [6, 6.07) is 17.6. The Morgan fingerprint density at radius 2 is 1.81 bits per heavy atom. The van der Waals surface area contributed by atoms with Crippen LogP contribution in [0.3, 0.4) is 0 Å². The van der Waals surface area contributed by atoms with Crippen molar-refractivity contribution in [2.75, 3.05) is 50.1 Å². The number of rotatable bonds is 8. The molecule has 4 aromatic rings. The first-order valence-electron chi connectivity index (χ1n) is 11.8. The molecule has 0 radical (unpaired) electrons. The van der Waals surface area contributed by atoms with Gasteiger partial charge in [-0.25, -0.2) is 0 Å². The normalized spacial score (nSPS) is 13.8. The quantitative estimate of drug-likeness (QED) is 0.398. The first-order valence-corrected chi connectivity index (χ1v) is 11.8. The number of hydrogen-bond acceptors (Lipinski definition) is 9. The van der Waals surface area contributed by atoms with Gasteiger partial charge in [0.25, 0.3) is 5.89 Å². The first-order chi connectivity index (χ1) is 17.6. The highest BCUT2D eigenvalue weighted by molar-refractivity contribution is 5.92. The van der Waals surface area contributed by atoms with Crippen molar-refractivity contribution in [2.45, 2.75) is 13.5 Å². The Kier molecular flexibility index (Phi) is 7.06. The number of anilines is 2. The molecule has 1 amide bonds. The van der Waals surface area contributed by atoms with Crippen LogP contribution in [0.25, 0.3) is 22.7 Å². The summed E-state index contributed by atoms with van der Waals surface area (Å²) in [4.78, 5) is 16.7. The van der Waals surface area contributed by atoms with Gasteiger partial charge in [-0.1, -0.05) is 35.5 Å². The van der Waals surface area contributed by atoms with Crippen LogP contribution in [0.2, 0.25) is 0 Å². The van der Waals surface area contributed by atoms with E-state index in [0.717, 1.165) is 43.2 Å². The zero-order valence-electron chi connectivity index (χ0n) is 20.3. The molecule has 0 unspecified atom stereocenters. The Morgan fingerprint density at radius 3 is 2.56 bits per heavy atom. The molecule has 36 heavy (non-hydrogen) atoms. The molecule has 186 valence electrons. The number of amides is 1. The Bertz CT molecular complexity index is 1300. The van der Waals surface area contributed by atoms with E-state index in [0.29, 0.717) is 35.3 Å². The standard InChI is InChI=1S/C26H28N6O4/c1-18-24(25(30-36-18)19-6-4-3-5-7-19)26-29-28-23(35-26)17-31(2)16-22(33)27-20-8-10-21(11-9-20)32-12-14-34-15-13-32/h3-11H,12-17H2,1-2H3,(H,27,33). The highest BCUT2D eigenvalue weighted by atomic mass is 16.5. The fraction of sp³-hybridized carbons (Fsp3) is 0.308. The summed E-state index contributed by atoms with van der Waals surface area (Å²) in [5.74, 6) is 1.20. The van der Waals surface area contributed by atoms with E-state index in [1.807, 2.05) is 73.5 Å². The van der Waals surface area contributed by atoms with Crippen molar-refractivity contribution in [1.29, 1.82) is 0 Å². The summed E-state index contributed by atoms with van der Waals surface area (Å²) >= 11 is 0. The zero-order chi connectivity index (χ0) is 24.9. The molecule has 10 heteroatoms. The molecule has 3 heterocycles. The molecule has 0 spiro atoms. The van der Waals surface area contributed by atoms with Crippen molar-refractivity contribution in [3.8, 4) is 22.7 Å². The van der Waals surface area contributed by atoms with Gasteiger partial charge in [0.2, 0.25) is 11.8 Å². The average Bonchev–Trinajstić information content (AvgIpc) is 3.51. The van der Waals surface area contributed by atoms with Crippen molar-refractivity contribution in [3.63, 3.8) is 0 Å². The predicted molar refractivity (Wildman–Crippen MR) is 134 cm³/mol. The van der Waals surface area contributed by atoms with Gasteiger partial charge in [0.15, 0.2) is 0 Å². The second-order valence-corrected chi connectivity index (χ2v) is 8.70. The molecule has 0 atom stereocenters. The number of ether oxygens (including phenoxy) is 1. The van der Waals surface area contributed by atoms with Gasteiger partial charge >= 0.3 is 0 Å².